The van der Waals surface area contributed by atoms with E-state index in [1.54, 1.807) is 7.11 Å². The SMILES string of the molecule is COc1ccc2c(c1)CCCC2NC1CCC(SC)CC1. The third-order valence-electron chi connectivity index (χ3n) is 5.11. The maximum Gasteiger partial charge on any atom is 0.119 e. The van der Waals surface area contributed by atoms with Gasteiger partial charge in [-0.25, -0.2) is 0 Å². The second kappa shape index (κ2) is 7.06. The molecule has 2 aliphatic rings. The van der Waals surface area contributed by atoms with Gasteiger partial charge < -0.3 is 10.1 Å². The molecular formula is C18H27NOS. The van der Waals surface area contributed by atoms with E-state index in [0.29, 0.717) is 12.1 Å². The minimum Gasteiger partial charge on any atom is -0.497 e. The first kappa shape index (κ1) is 15.2. The number of methoxy groups -OCH3 is 1. The van der Waals surface area contributed by atoms with Crippen LogP contribution in [0.4, 0.5) is 0 Å². The first-order valence-electron chi connectivity index (χ1n) is 8.26. The van der Waals surface area contributed by atoms with Gasteiger partial charge in [0, 0.05) is 17.3 Å². The van der Waals surface area contributed by atoms with E-state index in [2.05, 4.69) is 29.8 Å². The molecule has 1 aromatic rings. The van der Waals surface area contributed by atoms with E-state index in [-0.39, 0.29) is 0 Å². The van der Waals surface area contributed by atoms with Crippen molar-refractivity contribution < 1.29 is 4.74 Å². The normalized spacial score (nSPS) is 29.0. The lowest BCUT2D eigenvalue weighted by atomic mass is 9.85. The predicted octanol–water partition coefficient (Wildman–Crippen LogP) is 4.34. The zero-order valence-corrected chi connectivity index (χ0v) is 14.0. The fraction of sp³-hybridized carbons (Fsp3) is 0.667. The number of fused-ring (bicyclic) bond motifs is 1. The molecule has 1 saturated carbocycles. The summed E-state index contributed by atoms with van der Waals surface area (Å²) in [6.07, 6.45) is 11.5. The van der Waals surface area contributed by atoms with Crippen LogP contribution in [0.1, 0.15) is 55.7 Å². The standard InChI is InChI=1S/C18H27NOS/c1-20-15-8-11-17-13(12-15)4-3-5-18(17)19-14-6-9-16(21-2)10-7-14/h8,11-12,14,16,18-19H,3-7,9-10H2,1-2H3. The number of hydrogen-bond acceptors (Lipinski definition) is 3. The lowest BCUT2D eigenvalue weighted by Gasteiger charge is -2.34. The summed E-state index contributed by atoms with van der Waals surface area (Å²) in [5.41, 5.74) is 2.99. The lowest BCUT2D eigenvalue weighted by molar-refractivity contribution is 0.324. The highest BCUT2D eigenvalue weighted by molar-refractivity contribution is 7.99. The van der Waals surface area contributed by atoms with E-state index in [4.69, 9.17) is 4.74 Å². The van der Waals surface area contributed by atoms with Gasteiger partial charge in [-0.2, -0.15) is 11.8 Å². The molecule has 0 bridgehead atoms. The van der Waals surface area contributed by atoms with Gasteiger partial charge >= 0.3 is 0 Å². The zero-order valence-electron chi connectivity index (χ0n) is 13.2. The first-order valence-corrected chi connectivity index (χ1v) is 9.54. The number of aryl methyl sites for hydroxylation is 1. The fourth-order valence-electron chi connectivity index (χ4n) is 3.84. The number of nitrogens with one attached hydrogen (secondary N) is 1. The van der Waals surface area contributed by atoms with Gasteiger partial charge in [0.25, 0.3) is 0 Å². The van der Waals surface area contributed by atoms with E-state index in [9.17, 15) is 0 Å². The highest BCUT2D eigenvalue weighted by Crippen LogP contribution is 2.34. The highest BCUT2D eigenvalue weighted by atomic mass is 32.2. The monoisotopic (exact) mass is 305 g/mol. The van der Waals surface area contributed by atoms with Crippen LogP contribution in [0, 0.1) is 0 Å². The Hall–Kier alpha value is -0.670. The van der Waals surface area contributed by atoms with Crippen LogP contribution in [0.2, 0.25) is 0 Å². The summed E-state index contributed by atoms with van der Waals surface area (Å²) >= 11 is 2.04. The van der Waals surface area contributed by atoms with Crippen LogP contribution in [-0.2, 0) is 6.42 Å². The van der Waals surface area contributed by atoms with Crippen molar-refractivity contribution in [1.29, 1.82) is 0 Å². The molecule has 21 heavy (non-hydrogen) atoms. The minimum atomic E-state index is 0.551. The van der Waals surface area contributed by atoms with Gasteiger partial charge in [-0.15, -0.1) is 0 Å². The van der Waals surface area contributed by atoms with Crippen molar-refractivity contribution in [3.63, 3.8) is 0 Å². The van der Waals surface area contributed by atoms with E-state index >= 15 is 0 Å². The van der Waals surface area contributed by atoms with Crippen LogP contribution in [0.15, 0.2) is 18.2 Å². The van der Waals surface area contributed by atoms with Crippen molar-refractivity contribution in [3.05, 3.63) is 29.3 Å². The average Bonchev–Trinajstić information content (AvgIpc) is 2.55. The summed E-state index contributed by atoms with van der Waals surface area (Å²) < 4.78 is 5.37. The molecule has 0 aliphatic heterocycles. The first-order chi connectivity index (χ1) is 10.3. The van der Waals surface area contributed by atoms with E-state index in [1.807, 2.05) is 11.8 Å². The van der Waals surface area contributed by atoms with Gasteiger partial charge in [0.15, 0.2) is 0 Å². The maximum absolute atomic E-state index is 5.37. The highest BCUT2D eigenvalue weighted by Gasteiger charge is 2.26. The average molecular weight is 305 g/mol. The van der Waals surface area contributed by atoms with Gasteiger partial charge in [0.1, 0.15) is 5.75 Å². The molecule has 2 nitrogen and oxygen atoms in total. The second-order valence-corrected chi connectivity index (χ2v) is 7.52. The van der Waals surface area contributed by atoms with Crippen LogP contribution in [-0.4, -0.2) is 24.7 Å². The summed E-state index contributed by atoms with van der Waals surface area (Å²) in [7, 11) is 1.75. The molecule has 0 radical (unpaired) electrons. The zero-order chi connectivity index (χ0) is 14.7. The number of ether oxygens (including phenoxy) is 1. The summed E-state index contributed by atoms with van der Waals surface area (Å²) in [6, 6.07) is 7.89. The third kappa shape index (κ3) is 3.57. The molecule has 0 amide bonds. The smallest absolute Gasteiger partial charge is 0.119 e. The Morgan fingerprint density at radius 2 is 1.95 bits per heavy atom. The number of rotatable bonds is 4. The molecule has 0 aromatic heterocycles. The van der Waals surface area contributed by atoms with Gasteiger partial charge in [-0.3, -0.25) is 0 Å². The van der Waals surface area contributed by atoms with Crippen molar-refractivity contribution in [2.75, 3.05) is 13.4 Å². The van der Waals surface area contributed by atoms with Crippen molar-refractivity contribution in [2.45, 2.75) is 62.3 Å². The Morgan fingerprint density at radius 3 is 2.67 bits per heavy atom. The molecule has 0 heterocycles. The molecule has 3 rings (SSSR count). The van der Waals surface area contributed by atoms with Crippen LogP contribution in [0.25, 0.3) is 0 Å². The van der Waals surface area contributed by atoms with E-state index in [0.717, 1.165) is 11.0 Å². The van der Waals surface area contributed by atoms with Crippen molar-refractivity contribution in [1.82, 2.24) is 5.32 Å². The second-order valence-electron chi connectivity index (χ2n) is 6.39. The number of hydrogen-bond donors (Lipinski definition) is 1. The Balaban J connectivity index is 1.65. The molecular weight excluding hydrogens is 278 g/mol. The molecule has 1 atom stereocenters. The molecule has 1 unspecified atom stereocenters. The summed E-state index contributed by atoms with van der Waals surface area (Å²) in [4.78, 5) is 0. The molecule has 0 spiro atoms. The Kier molecular flexibility index (Phi) is 5.12. The molecule has 1 fully saturated rings. The topological polar surface area (TPSA) is 21.3 Å². The summed E-state index contributed by atoms with van der Waals surface area (Å²) in [5, 5.41) is 4.84. The summed E-state index contributed by atoms with van der Waals surface area (Å²) in [5.74, 6) is 0.995. The molecule has 1 N–H and O–H groups in total. The Bertz CT molecular complexity index is 468. The molecule has 2 aliphatic carbocycles. The summed E-state index contributed by atoms with van der Waals surface area (Å²) in [6.45, 7) is 0. The third-order valence-corrected chi connectivity index (χ3v) is 6.25. The van der Waals surface area contributed by atoms with Gasteiger partial charge in [-0.1, -0.05) is 6.07 Å². The van der Waals surface area contributed by atoms with E-state index in [1.165, 1.54) is 56.1 Å². The van der Waals surface area contributed by atoms with Gasteiger partial charge in [0.2, 0.25) is 0 Å². The van der Waals surface area contributed by atoms with Crippen LogP contribution < -0.4 is 10.1 Å². The Labute approximate surface area is 133 Å². The molecule has 3 heteroatoms. The quantitative estimate of drug-likeness (QED) is 0.894. The lowest BCUT2D eigenvalue weighted by Crippen LogP contribution is -2.37. The van der Waals surface area contributed by atoms with Crippen molar-refractivity contribution in [2.24, 2.45) is 0 Å². The Morgan fingerprint density at radius 1 is 1.14 bits per heavy atom. The van der Waals surface area contributed by atoms with Crippen molar-refractivity contribution >= 4 is 11.8 Å². The van der Waals surface area contributed by atoms with Crippen molar-refractivity contribution in [3.8, 4) is 5.75 Å². The molecule has 116 valence electrons. The number of thioether (sulfide) groups is 1. The van der Waals surface area contributed by atoms with Gasteiger partial charge in [-0.05, 0) is 74.5 Å². The van der Waals surface area contributed by atoms with Crippen LogP contribution in [0.3, 0.4) is 0 Å². The fourth-order valence-corrected chi connectivity index (χ4v) is 4.58. The predicted molar refractivity (Wildman–Crippen MR) is 91.4 cm³/mol. The van der Waals surface area contributed by atoms with Crippen LogP contribution >= 0.6 is 11.8 Å². The number of benzene rings is 1. The largest absolute Gasteiger partial charge is 0.497 e. The van der Waals surface area contributed by atoms with Crippen LogP contribution in [0.5, 0.6) is 5.75 Å². The molecule has 0 saturated heterocycles. The van der Waals surface area contributed by atoms with Gasteiger partial charge in [0.05, 0.1) is 7.11 Å². The molecule has 1 aromatic carbocycles. The maximum atomic E-state index is 5.37. The minimum absolute atomic E-state index is 0.551. The van der Waals surface area contributed by atoms with E-state index < -0.39 is 0 Å².